The van der Waals surface area contributed by atoms with E-state index in [1.165, 1.54) is 18.4 Å². The minimum atomic E-state index is -0.888. The fourth-order valence-electron chi connectivity index (χ4n) is 5.08. The molecular weight excluding hydrogens is 408 g/mol. The van der Waals surface area contributed by atoms with Gasteiger partial charge in [-0.3, -0.25) is 4.90 Å². The maximum atomic E-state index is 10.7. The van der Waals surface area contributed by atoms with Crippen LogP contribution in [0.2, 0.25) is 0 Å². The number of carbonyl (C=O) groups is 1. The maximum absolute atomic E-state index is 10.7. The molecule has 1 aromatic rings. The molecule has 2 aliphatic carbocycles. The van der Waals surface area contributed by atoms with E-state index in [2.05, 4.69) is 20.1 Å². The largest absolute Gasteiger partial charge is 0.493 e. The molecular formula is C24H38N4O4. The molecule has 0 spiro atoms. The first kappa shape index (κ1) is 23.1. The van der Waals surface area contributed by atoms with Crippen LogP contribution in [0, 0.1) is 5.92 Å². The summed E-state index contributed by atoms with van der Waals surface area (Å²) in [6, 6.07) is 2.13. The van der Waals surface area contributed by atoms with Crippen molar-refractivity contribution in [1.29, 1.82) is 0 Å². The summed E-state index contributed by atoms with van der Waals surface area (Å²) >= 11 is 0. The van der Waals surface area contributed by atoms with E-state index in [0.717, 1.165) is 102 Å². The molecule has 2 saturated carbocycles. The zero-order valence-corrected chi connectivity index (χ0v) is 19.0. The lowest BCUT2D eigenvalue weighted by atomic mass is 9.84. The minimum Gasteiger partial charge on any atom is -0.493 e. The molecule has 0 radical (unpaired) electrons. The van der Waals surface area contributed by atoms with Crippen molar-refractivity contribution in [1.82, 2.24) is 15.2 Å². The second kappa shape index (κ2) is 11.2. The Morgan fingerprint density at radius 2 is 1.84 bits per heavy atom. The summed E-state index contributed by atoms with van der Waals surface area (Å²) in [5, 5.41) is 19.9. The van der Waals surface area contributed by atoms with Crippen molar-refractivity contribution in [2.75, 3.05) is 44.2 Å². The average Bonchev–Trinajstić information content (AvgIpc) is 3.27. The van der Waals surface area contributed by atoms with Crippen LogP contribution in [0.1, 0.15) is 56.9 Å². The fourth-order valence-corrected chi connectivity index (χ4v) is 5.08. The molecule has 5 rings (SSSR count). The third-order valence-corrected chi connectivity index (χ3v) is 7.37. The molecule has 178 valence electrons. The summed E-state index contributed by atoms with van der Waals surface area (Å²) in [5.74, 6) is 2.87. The Morgan fingerprint density at radius 1 is 1.12 bits per heavy atom. The summed E-state index contributed by atoms with van der Waals surface area (Å²) < 4.78 is 5.67. The highest BCUT2D eigenvalue weighted by molar-refractivity contribution is 5.64. The number of aliphatic hydroxyl groups excluding tert-OH is 1. The van der Waals surface area contributed by atoms with Crippen LogP contribution in [0.3, 0.4) is 0 Å². The summed E-state index contributed by atoms with van der Waals surface area (Å²) in [6.45, 7) is 6.15. The van der Waals surface area contributed by atoms with E-state index in [9.17, 15) is 4.79 Å². The first-order chi connectivity index (χ1) is 15.6. The summed E-state index contributed by atoms with van der Waals surface area (Å²) in [5.41, 5.74) is 1.28. The number of hydrogen-bond donors (Lipinski definition) is 3. The van der Waals surface area contributed by atoms with Crippen LogP contribution >= 0.6 is 0 Å². The third-order valence-electron chi connectivity index (χ3n) is 7.37. The van der Waals surface area contributed by atoms with Gasteiger partial charge in [0.25, 0.3) is 0 Å². The Bertz CT molecular complexity index is 742. The number of aliphatic hydroxyl groups is 1. The highest BCUT2D eigenvalue weighted by Gasteiger charge is 2.26. The van der Waals surface area contributed by atoms with Crippen molar-refractivity contribution < 1.29 is 19.7 Å². The monoisotopic (exact) mass is 446 g/mol. The van der Waals surface area contributed by atoms with Gasteiger partial charge in [0.1, 0.15) is 11.6 Å². The first-order valence-corrected chi connectivity index (χ1v) is 12.3. The van der Waals surface area contributed by atoms with Crippen molar-refractivity contribution in [2.24, 2.45) is 5.92 Å². The molecule has 8 nitrogen and oxygen atoms in total. The van der Waals surface area contributed by atoms with Gasteiger partial charge in [-0.25, -0.2) is 9.78 Å². The minimum absolute atomic E-state index is 0.0648. The van der Waals surface area contributed by atoms with Crippen molar-refractivity contribution >= 4 is 11.9 Å². The van der Waals surface area contributed by atoms with Gasteiger partial charge >= 0.3 is 6.09 Å². The Hall–Kier alpha value is -2.06. The predicted molar refractivity (Wildman–Crippen MR) is 123 cm³/mol. The molecule has 2 aliphatic heterocycles. The Kier molecular flexibility index (Phi) is 8.08. The van der Waals surface area contributed by atoms with Crippen LogP contribution in [0.15, 0.2) is 12.3 Å². The number of nitrogens with zero attached hydrogens (tertiary/aromatic N) is 3. The normalized spacial score (nSPS) is 25.7. The molecule has 3 N–H and O–H groups in total. The topological polar surface area (TPSA) is 98.2 Å². The first-order valence-electron chi connectivity index (χ1n) is 12.3. The van der Waals surface area contributed by atoms with Crippen molar-refractivity contribution in [3.05, 3.63) is 17.8 Å². The highest BCUT2D eigenvalue weighted by atomic mass is 16.5. The number of ether oxygens (including phenoxy) is 1. The number of piperazine rings is 1. The maximum Gasteiger partial charge on any atom is 0.404 e. The lowest BCUT2D eigenvalue weighted by Crippen LogP contribution is -2.47. The van der Waals surface area contributed by atoms with Crippen LogP contribution in [0.25, 0.3) is 0 Å². The summed E-state index contributed by atoms with van der Waals surface area (Å²) in [4.78, 5) is 20.3. The quantitative estimate of drug-likeness (QED) is 0.640. The Balaban J connectivity index is 0.000000433. The number of amides is 1. The van der Waals surface area contributed by atoms with E-state index < -0.39 is 6.09 Å². The lowest BCUT2D eigenvalue weighted by Gasteiger charge is -2.37. The van der Waals surface area contributed by atoms with Gasteiger partial charge in [0.2, 0.25) is 0 Å². The molecule has 0 atom stereocenters. The van der Waals surface area contributed by atoms with E-state index >= 15 is 0 Å². The molecule has 1 amide bonds. The molecule has 3 fully saturated rings. The van der Waals surface area contributed by atoms with Crippen molar-refractivity contribution in [2.45, 2.75) is 69.9 Å². The zero-order chi connectivity index (χ0) is 22.3. The van der Waals surface area contributed by atoms with Gasteiger partial charge in [0.05, 0.1) is 12.7 Å². The van der Waals surface area contributed by atoms with Gasteiger partial charge in [-0.1, -0.05) is 0 Å². The van der Waals surface area contributed by atoms with Gasteiger partial charge in [0, 0.05) is 50.4 Å². The number of fused-ring (bicyclic) bond motifs is 1. The van der Waals surface area contributed by atoms with Gasteiger partial charge in [-0.05, 0) is 69.9 Å². The van der Waals surface area contributed by atoms with E-state index in [0.29, 0.717) is 0 Å². The average molecular weight is 447 g/mol. The summed E-state index contributed by atoms with van der Waals surface area (Å²) in [7, 11) is 0. The second-order valence-electron chi connectivity index (χ2n) is 9.58. The second-order valence-corrected chi connectivity index (χ2v) is 9.58. The van der Waals surface area contributed by atoms with Crippen molar-refractivity contribution in [3.8, 4) is 5.75 Å². The van der Waals surface area contributed by atoms with E-state index in [1.807, 2.05) is 12.3 Å². The molecule has 1 saturated heterocycles. The lowest BCUT2D eigenvalue weighted by molar-refractivity contribution is 0.0950. The number of rotatable bonds is 5. The van der Waals surface area contributed by atoms with Crippen LogP contribution < -0.4 is 15.0 Å². The van der Waals surface area contributed by atoms with Gasteiger partial charge in [-0.15, -0.1) is 0 Å². The van der Waals surface area contributed by atoms with E-state index in [4.69, 9.17) is 14.9 Å². The standard InChI is InChI=1S/C20H30N4O3.C4H8O/c25-20(26)22-16-3-1-15(2-4-16)6-9-23-10-12-24(13-11-23)19-17-7-14-27-18(17)5-8-21-19;5-4-2-1-3-4/h5,8,15-16,22H,1-4,6-7,9-14H2,(H,25,26);4-5H,1-3H2. The van der Waals surface area contributed by atoms with E-state index in [1.54, 1.807) is 0 Å². The Labute approximate surface area is 191 Å². The number of hydrogen-bond acceptors (Lipinski definition) is 6. The highest BCUT2D eigenvalue weighted by Crippen LogP contribution is 2.32. The van der Waals surface area contributed by atoms with Gasteiger partial charge in [0.15, 0.2) is 0 Å². The van der Waals surface area contributed by atoms with Crippen LogP contribution in [-0.4, -0.2) is 77.7 Å². The van der Waals surface area contributed by atoms with Crippen LogP contribution in [-0.2, 0) is 6.42 Å². The molecule has 8 heteroatoms. The van der Waals surface area contributed by atoms with Gasteiger partial charge in [-0.2, -0.15) is 0 Å². The molecule has 0 bridgehead atoms. The molecule has 1 aromatic heterocycles. The van der Waals surface area contributed by atoms with E-state index in [-0.39, 0.29) is 12.1 Å². The van der Waals surface area contributed by atoms with Crippen molar-refractivity contribution in [3.63, 3.8) is 0 Å². The molecule has 0 aromatic carbocycles. The molecule has 32 heavy (non-hydrogen) atoms. The zero-order valence-electron chi connectivity index (χ0n) is 19.0. The number of nitrogens with one attached hydrogen (secondary N) is 1. The Morgan fingerprint density at radius 3 is 2.47 bits per heavy atom. The molecule has 4 aliphatic rings. The van der Waals surface area contributed by atoms with Gasteiger partial charge < -0.3 is 25.2 Å². The molecule has 0 unspecified atom stereocenters. The smallest absolute Gasteiger partial charge is 0.404 e. The fraction of sp³-hybridized carbons (Fsp3) is 0.750. The number of anilines is 1. The SMILES string of the molecule is O=C(O)NC1CCC(CCN2CCN(c3nccc4c3CCO4)CC2)CC1.OC1CCC1. The predicted octanol–water partition coefficient (Wildman–Crippen LogP) is 2.89. The van der Waals surface area contributed by atoms with Crippen LogP contribution in [0.5, 0.6) is 5.75 Å². The molecule has 3 heterocycles. The van der Waals surface area contributed by atoms with Crippen LogP contribution in [0.4, 0.5) is 10.6 Å². The number of carboxylic acid groups (broad SMARTS) is 1. The number of aromatic nitrogens is 1. The number of pyridine rings is 1. The summed E-state index contributed by atoms with van der Waals surface area (Å²) in [6.07, 6.45) is 10.8. The third kappa shape index (κ3) is 6.25.